The number of halogens is 1. The molecule has 152 valence electrons. The Balaban J connectivity index is 2.02. The van der Waals surface area contributed by atoms with Crippen molar-refractivity contribution in [2.45, 2.75) is 32.1 Å². The van der Waals surface area contributed by atoms with Crippen LogP contribution in [0.1, 0.15) is 36.3 Å². The number of carbonyl (C=O) groups is 1. The summed E-state index contributed by atoms with van der Waals surface area (Å²) in [4.78, 5) is 15.0. The molecule has 1 atom stereocenters. The van der Waals surface area contributed by atoms with E-state index in [4.69, 9.17) is 22.1 Å². The Morgan fingerprint density at radius 3 is 2.70 bits per heavy atom. The van der Waals surface area contributed by atoms with E-state index in [1.165, 1.54) is 0 Å². The lowest BCUT2D eigenvalue weighted by Crippen LogP contribution is -2.39. The van der Waals surface area contributed by atoms with Crippen LogP contribution in [0.3, 0.4) is 0 Å². The first kappa shape index (κ1) is 20.1. The minimum Gasteiger partial charge on any atom is -0.496 e. The molecule has 0 saturated heterocycles. The first-order valence-electron chi connectivity index (χ1n) is 9.83. The van der Waals surface area contributed by atoms with E-state index in [1.807, 2.05) is 54.3 Å². The summed E-state index contributed by atoms with van der Waals surface area (Å²) in [7, 11) is 1.58. The zero-order valence-electron chi connectivity index (χ0n) is 16.9. The van der Waals surface area contributed by atoms with Crippen molar-refractivity contribution in [2.24, 2.45) is 5.73 Å². The van der Waals surface area contributed by atoms with Gasteiger partial charge in [-0.05, 0) is 43.5 Å². The van der Waals surface area contributed by atoms with Crippen LogP contribution in [-0.2, 0) is 4.79 Å². The summed E-state index contributed by atoms with van der Waals surface area (Å²) >= 11 is 6.37. The highest BCUT2D eigenvalue weighted by Crippen LogP contribution is 2.48. The molecular weight excluding hydrogens is 398 g/mol. The van der Waals surface area contributed by atoms with Crippen molar-refractivity contribution in [3.05, 3.63) is 81.3 Å². The molecule has 1 heterocycles. The molecule has 1 aliphatic carbocycles. The minimum atomic E-state index is -0.551. The maximum absolute atomic E-state index is 13.2. The van der Waals surface area contributed by atoms with Gasteiger partial charge in [0, 0.05) is 28.3 Å². The zero-order chi connectivity index (χ0) is 21.4. The van der Waals surface area contributed by atoms with Crippen molar-refractivity contribution in [3.63, 3.8) is 0 Å². The third-order valence-corrected chi connectivity index (χ3v) is 6.25. The van der Waals surface area contributed by atoms with Gasteiger partial charge in [0.1, 0.15) is 11.6 Å². The van der Waals surface area contributed by atoms with Gasteiger partial charge in [0.05, 0.1) is 30.4 Å². The molecule has 0 fully saturated rings. The van der Waals surface area contributed by atoms with Crippen LogP contribution in [0.25, 0.3) is 0 Å². The summed E-state index contributed by atoms with van der Waals surface area (Å²) in [5.41, 5.74) is 10.8. The summed E-state index contributed by atoms with van der Waals surface area (Å²) in [6, 6.07) is 15.3. The first-order valence-corrected chi connectivity index (χ1v) is 10.2. The molecular formula is C24H22ClN3O2. The van der Waals surface area contributed by atoms with Gasteiger partial charge in [-0.1, -0.05) is 35.9 Å². The van der Waals surface area contributed by atoms with Crippen molar-refractivity contribution in [2.75, 3.05) is 12.0 Å². The second-order valence-corrected chi connectivity index (χ2v) is 7.85. The molecule has 0 unspecified atom stereocenters. The second-order valence-electron chi connectivity index (χ2n) is 7.44. The van der Waals surface area contributed by atoms with Crippen LogP contribution in [0, 0.1) is 18.3 Å². The molecule has 0 amide bonds. The Hall–Kier alpha value is -3.23. The summed E-state index contributed by atoms with van der Waals surface area (Å²) < 4.78 is 5.55. The topological polar surface area (TPSA) is 79.3 Å². The number of allylic oxidation sites excluding steroid dienone is 3. The number of anilines is 1. The third-order valence-electron chi connectivity index (χ3n) is 5.84. The molecule has 6 heteroatoms. The Morgan fingerprint density at radius 1 is 1.20 bits per heavy atom. The highest BCUT2D eigenvalue weighted by atomic mass is 35.5. The van der Waals surface area contributed by atoms with Gasteiger partial charge in [-0.15, -0.1) is 0 Å². The molecule has 5 nitrogen and oxygen atoms in total. The number of hydrogen-bond donors (Lipinski definition) is 1. The summed E-state index contributed by atoms with van der Waals surface area (Å²) in [5, 5.41) is 10.7. The van der Waals surface area contributed by atoms with Crippen molar-refractivity contribution >= 4 is 23.1 Å². The van der Waals surface area contributed by atoms with E-state index in [0.29, 0.717) is 40.6 Å². The summed E-state index contributed by atoms with van der Waals surface area (Å²) in [6.07, 6.45) is 1.88. The van der Waals surface area contributed by atoms with Crippen LogP contribution in [-0.4, -0.2) is 12.9 Å². The van der Waals surface area contributed by atoms with Gasteiger partial charge in [0.25, 0.3) is 0 Å². The van der Waals surface area contributed by atoms with Crippen LogP contribution in [0.4, 0.5) is 5.69 Å². The van der Waals surface area contributed by atoms with E-state index in [1.54, 1.807) is 7.11 Å². The second kappa shape index (κ2) is 7.89. The Kier molecular flexibility index (Phi) is 5.27. The number of hydrogen-bond acceptors (Lipinski definition) is 5. The van der Waals surface area contributed by atoms with Gasteiger partial charge >= 0.3 is 0 Å². The van der Waals surface area contributed by atoms with Crippen LogP contribution >= 0.6 is 11.6 Å². The zero-order valence-corrected chi connectivity index (χ0v) is 17.7. The minimum absolute atomic E-state index is 0.0390. The van der Waals surface area contributed by atoms with Crippen LogP contribution in [0.15, 0.2) is 65.1 Å². The molecule has 0 spiro atoms. The number of nitrogens with two attached hydrogens (primary N) is 1. The van der Waals surface area contributed by atoms with Gasteiger partial charge in [-0.2, -0.15) is 5.26 Å². The summed E-state index contributed by atoms with van der Waals surface area (Å²) in [6.45, 7) is 1.91. The van der Waals surface area contributed by atoms with Crippen LogP contribution < -0.4 is 15.4 Å². The smallest absolute Gasteiger partial charge is 0.161 e. The summed E-state index contributed by atoms with van der Waals surface area (Å²) in [5.74, 6) is 0.439. The first-order chi connectivity index (χ1) is 14.5. The predicted octanol–water partition coefficient (Wildman–Crippen LogP) is 4.96. The van der Waals surface area contributed by atoms with E-state index in [9.17, 15) is 10.1 Å². The highest BCUT2D eigenvalue weighted by molar-refractivity contribution is 6.31. The molecule has 4 rings (SSSR count). The number of Topliss-reactive ketones (excluding diaryl/α,β-unsaturated/α-hetero) is 1. The number of rotatable bonds is 3. The number of methoxy groups -OCH3 is 1. The van der Waals surface area contributed by atoms with Gasteiger partial charge in [0.2, 0.25) is 0 Å². The standard InChI is InChI=1S/C24H22ClN3O2/c1-14-17(25)8-5-9-18(14)28-19-10-6-11-20(29)23(19)22(16(13-26)24(28)27)15-7-3-4-12-21(15)30-2/h3-5,7-9,12,22H,6,10-11,27H2,1-2H3/t22-/m0/s1. The van der Waals surface area contributed by atoms with Crippen LogP contribution in [0.2, 0.25) is 5.02 Å². The van der Waals surface area contributed by atoms with E-state index in [-0.39, 0.29) is 5.78 Å². The van der Waals surface area contributed by atoms with Gasteiger partial charge in [-0.3, -0.25) is 9.69 Å². The van der Waals surface area contributed by atoms with Crippen molar-refractivity contribution < 1.29 is 9.53 Å². The van der Waals surface area contributed by atoms with Crippen molar-refractivity contribution in [3.8, 4) is 11.8 Å². The normalized spacial score (nSPS) is 18.9. The van der Waals surface area contributed by atoms with Crippen LogP contribution in [0.5, 0.6) is 5.75 Å². The van der Waals surface area contributed by atoms with E-state index < -0.39 is 5.92 Å². The molecule has 2 N–H and O–H groups in total. The Bertz CT molecular complexity index is 1140. The molecule has 2 aromatic rings. The lowest BCUT2D eigenvalue weighted by atomic mass is 9.75. The largest absolute Gasteiger partial charge is 0.496 e. The molecule has 0 aromatic heterocycles. The molecule has 2 aliphatic rings. The lowest BCUT2D eigenvalue weighted by molar-refractivity contribution is -0.116. The van der Waals surface area contributed by atoms with Crippen molar-refractivity contribution in [1.29, 1.82) is 5.26 Å². The fraction of sp³-hybridized carbons (Fsp3) is 0.250. The fourth-order valence-electron chi connectivity index (χ4n) is 4.42. The monoisotopic (exact) mass is 419 g/mol. The molecule has 2 aromatic carbocycles. The number of nitriles is 1. The van der Waals surface area contributed by atoms with E-state index in [2.05, 4.69) is 6.07 Å². The number of para-hydroxylation sites is 1. The number of ether oxygens (including phenoxy) is 1. The quantitative estimate of drug-likeness (QED) is 0.760. The number of nitrogens with zero attached hydrogens (tertiary/aromatic N) is 2. The Morgan fingerprint density at radius 2 is 1.97 bits per heavy atom. The number of benzene rings is 2. The molecule has 0 bridgehead atoms. The molecule has 30 heavy (non-hydrogen) atoms. The molecule has 0 radical (unpaired) electrons. The number of ketones is 1. The fourth-order valence-corrected chi connectivity index (χ4v) is 4.59. The Labute approximate surface area is 181 Å². The van der Waals surface area contributed by atoms with E-state index >= 15 is 0 Å². The maximum Gasteiger partial charge on any atom is 0.161 e. The highest BCUT2D eigenvalue weighted by Gasteiger charge is 2.41. The average molecular weight is 420 g/mol. The number of carbonyl (C=O) groups excluding carboxylic acids is 1. The van der Waals surface area contributed by atoms with Gasteiger partial charge in [-0.25, -0.2) is 0 Å². The average Bonchev–Trinajstić information content (AvgIpc) is 2.75. The third kappa shape index (κ3) is 3.05. The molecule has 1 aliphatic heterocycles. The van der Waals surface area contributed by atoms with E-state index in [0.717, 1.165) is 28.9 Å². The SMILES string of the molecule is COc1ccccc1[C@H]1C(C#N)=C(N)N(c2cccc(Cl)c2C)C2=C1C(=O)CCC2. The maximum atomic E-state index is 13.2. The lowest BCUT2D eigenvalue weighted by Gasteiger charge is -2.40. The van der Waals surface area contributed by atoms with Crippen molar-refractivity contribution in [1.82, 2.24) is 0 Å². The predicted molar refractivity (Wildman–Crippen MR) is 117 cm³/mol. The van der Waals surface area contributed by atoms with Gasteiger partial charge < -0.3 is 10.5 Å². The van der Waals surface area contributed by atoms with Gasteiger partial charge in [0.15, 0.2) is 5.78 Å². The molecule has 0 saturated carbocycles.